The Morgan fingerprint density at radius 1 is 1.33 bits per heavy atom. The smallest absolute Gasteiger partial charge is 0.128 e. The quantitative estimate of drug-likeness (QED) is 0.919. The van der Waals surface area contributed by atoms with Crippen molar-refractivity contribution in [3.8, 4) is 5.75 Å². The minimum absolute atomic E-state index is 0.401. The largest absolute Gasteiger partial charge is 0.493 e. The molecule has 2 heterocycles. The Hall–Kier alpha value is -1.10. The van der Waals surface area contributed by atoms with Gasteiger partial charge >= 0.3 is 0 Å². The van der Waals surface area contributed by atoms with Crippen LogP contribution in [0.15, 0.2) is 18.2 Å². The third-order valence-corrected chi connectivity index (χ3v) is 4.80. The van der Waals surface area contributed by atoms with Crippen molar-refractivity contribution in [2.24, 2.45) is 0 Å². The van der Waals surface area contributed by atoms with Gasteiger partial charge in [-0.05, 0) is 38.9 Å². The number of likely N-dealkylation sites (N-methyl/N-ethyl adjacent to an activating group) is 2. The van der Waals surface area contributed by atoms with Gasteiger partial charge in [0.1, 0.15) is 5.75 Å². The summed E-state index contributed by atoms with van der Waals surface area (Å²) in [5.74, 6) is 0.933. The van der Waals surface area contributed by atoms with Crippen LogP contribution in [-0.2, 0) is 6.42 Å². The molecule has 21 heavy (non-hydrogen) atoms. The van der Waals surface area contributed by atoms with Crippen molar-refractivity contribution in [1.29, 1.82) is 0 Å². The monoisotopic (exact) mass is 290 g/mol. The van der Waals surface area contributed by atoms with Crippen LogP contribution in [0.25, 0.3) is 0 Å². The van der Waals surface area contributed by atoms with Crippen molar-refractivity contribution in [3.05, 3.63) is 29.3 Å². The Kier molecular flexibility index (Phi) is 4.48. The summed E-state index contributed by atoms with van der Waals surface area (Å²) in [5.41, 5.74) is 2.21. The second-order valence-electron chi connectivity index (χ2n) is 6.44. The predicted octanol–water partition coefficient (Wildman–Crippen LogP) is 1.68. The van der Waals surface area contributed by atoms with E-state index in [0.717, 1.165) is 56.8 Å². The van der Waals surface area contributed by atoms with Gasteiger partial charge in [-0.15, -0.1) is 0 Å². The van der Waals surface area contributed by atoms with Gasteiger partial charge in [-0.3, -0.25) is 0 Å². The molecule has 4 heteroatoms. The van der Waals surface area contributed by atoms with Crippen LogP contribution in [0.2, 0.25) is 0 Å². The maximum Gasteiger partial charge on any atom is 0.128 e. The molecule has 0 aliphatic carbocycles. The van der Waals surface area contributed by atoms with Crippen molar-refractivity contribution in [2.75, 3.05) is 40.3 Å². The molecular formula is C17H26N2O2. The van der Waals surface area contributed by atoms with Crippen LogP contribution >= 0.6 is 0 Å². The third kappa shape index (κ3) is 3.23. The Morgan fingerprint density at radius 2 is 2.19 bits per heavy atom. The molecule has 2 atom stereocenters. The molecule has 116 valence electrons. The second-order valence-corrected chi connectivity index (χ2v) is 6.44. The number of ether oxygens (including phenoxy) is 1. The Morgan fingerprint density at radius 3 is 3.05 bits per heavy atom. The Bertz CT molecular complexity index is 492. The standard InChI is InChI=1S/C17H26N2O2/c1-18-8-9-19(2)14(12-18)11-16(20)15-7-3-5-13-6-4-10-21-17(13)15/h3,5,7,14,16,20H,4,6,8-12H2,1-2H3. The molecule has 4 nitrogen and oxygen atoms in total. The Balaban J connectivity index is 1.74. The molecular weight excluding hydrogens is 264 g/mol. The van der Waals surface area contributed by atoms with Crippen LogP contribution in [0.4, 0.5) is 0 Å². The summed E-state index contributed by atoms with van der Waals surface area (Å²) in [5, 5.41) is 10.7. The van der Waals surface area contributed by atoms with Crippen molar-refractivity contribution < 1.29 is 9.84 Å². The number of para-hydroxylation sites is 1. The zero-order chi connectivity index (χ0) is 14.8. The summed E-state index contributed by atoms with van der Waals surface area (Å²) in [6, 6.07) is 6.58. The number of aliphatic hydroxyl groups excluding tert-OH is 1. The molecule has 1 fully saturated rings. The molecule has 1 saturated heterocycles. The molecule has 1 aromatic carbocycles. The number of hydrogen-bond donors (Lipinski definition) is 1. The lowest BCUT2D eigenvalue weighted by molar-refractivity contribution is 0.0620. The van der Waals surface area contributed by atoms with E-state index in [1.807, 2.05) is 12.1 Å². The van der Waals surface area contributed by atoms with E-state index < -0.39 is 6.10 Å². The molecule has 1 N–H and O–H groups in total. The van der Waals surface area contributed by atoms with Gasteiger partial charge in [0, 0.05) is 31.2 Å². The summed E-state index contributed by atoms with van der Waals surface area (Å²) in [7, 11) is 4.31. The van der Waals surface area contributed by atoms with E-state index in [2.05, 4.69) is 30.0 Å². The Labute approximate surface area is 127 Å². The van der Waals surface area contributed by atoms with Crippen LogP contribution in [0.1, 0.15) is 30.1 Å². The van der Waals surface area contributed by atoms with E-state index >= 15 is 0 Å². The highest BCUT2D eigenvalue weighted by atomic mass is 16.5. The fraction of sp³-hybridized carbons (Fsp3) is 0.647. The lowest BCUT2D eigenvalue weighted by Crippen LogP contribution is -2.50. The molecule has 0 amide bonds. The van der Waals surface area contributed by atoms with E-state index in [9.17, 15) is 5.11 Å². The van der Waals surface area contributed by atoms with Gasteiger partial charge in [0.2, 0.25) is 0 Å². The highest BCUT2D eigenvalue weighted by molar-refractivity contribution is 5.44. The average Bonchev–Trinajstić information content (AvgIpc) is 2.50. The van der Waals surface area contributed by atoms with Crippen LogP contribution < -0.4 is 4.74 Å². The minimum atomic E-state index is -0.447. The normalized spacial score (nSPS) is 25.2. The number of rotatable bonds is 3. The zero-order valence-electron chi connectivity index (χ0n) is 13.1. The molecule has 3 rings (SSSR count). The molecule has 0 aromatic heterocycles. The number of benzene rings is 1. The maximum atomic E-state index is 10.7. The summed E-state index contributed by atoms with van der Waals surface area (Å²) < 4.78 is 5.83. The molecule has 0 radical (unpaired) electrons. The van der Waals surface area contributed by atoms with Gasteiger partial charge in [0.05, 0.1) is 12.7 Å². The van der Waals surface area contributed by atoms with Gasteiger partial charge in [-0.1, -0.05) is 18.2 Å². The van der Waals surface area contributed by atoms with E-state index in [4.69, 9.17) is 4.74 Å². The second kappa shape index (κ2) is 6.34. The lowest BCUT2D eigenvalue weighted by atomic mass is 9.95. The van der Waals surface area contributed by atoms with Crippen molar-refractivity contribution in [3.63, 3.8) is 0 Å². The molecule has 2 unspecified atom stereocenters. The van der Waals surface area contributed by atoms with Crippen LogP contribution in [0, 0.1) is 0 Å². The van der Waals surface area contributed by atoms with Crippen molar-refractivity contribution >= 4 is 0 Å². The maximum absolute atomic E-state index is 10.7. The van der Waals surface area contributed by atoms with Gasteiger partial charge in [0.15, 0.2) is 0 Å². The first kappa shape index (κ1) is 14.8. The van der Waals surface area contributed by atoms with Gasteiger partial charge in [-0.25, -0.2) is 0 Å². The molecule has 2 aliphatic rings. The molecule has 1 aromatic rings. The van der Waals surface area contributed by atoms with Crippen molar-refractivity contribution in [2.45, 2.75) is 31.4 Å². The molecule has 0 spiro atoms. The van der Waals surface area contributed by atoms with E-state index in [-0.39, 0.29) is 0 Å². The van der Waals surface area contributed by atoms with Crippen LogP contribution in [-0.4, -0.2) is 61.3 Å². The summed E-state index contributed by atoms with van der Waals surface area (Å²) in [4.78, 5) is 4.70. The van der Waals surface area contributed by atoms with Gasteiger partial charge in [-0.2, -0.15) is 0 Å². The fourth-order valence-corrected chi connectivity index (χ4v) is 3.42. The highest BCUT2D eigenvalue weighted by Gasteiger charge is 2.27. The number of fused-ring (bicyclic) bond motifs is 1. The first-order valence-corrected chi connectivity index (χ1v) is 7.96. The minimum Gasteiger partial charge on any atom is -0.493 e. The molecule has 2 aliphatic heterocycles. The predicted molar refractivity (Wildman–Crippen MR) is 83.7 cm³/mol. The van der Waals surface area contributed by atoms with Crippen molar-refractivity contribution in [1.82, 2.24) is 9.80 Å². The first-order chi connectivity index (χ1) is 10.1. The number of nitrogens with zero attached hydrogens (tertiary/aromatic N) is 2. The van der Waals surface area contributed by atoms with E-state index in [1.165, 1.54) is 5.56 Å². The van der Waals surface area contributed by atoms with Gasteiger partial charge in [0.25, 0.3) is 0 Å². The summed E-state index contributed by atoms with van der Waals surface area (Å²) in [6.07, 6.45) is 2.45. The number of aliphatic hydroxyl groups is 1. The fourth-order valence-electron chi connectivity index (χ4n) is 3.42. The first-order valence-electron chi connectivity index (χ1n) is 7.96. The van der Waals surface area contributed by atoms with Crippen LogP contribution in [0.5, 0.6) is 5.75 Å². The third-order valence-electron chi connectivity index (χ3n) is 4.80. The number of aryl methyl sites for hydroxylation is 1. The summed E-state index contributed by atoms with van der Waals surface area (Å²) >= 11 is 0. The zero-order valence-corrected chi connectivity index (χ0v) is 13.1. The SMILES string of the molecule is CN1CCN(C)C(CC(O)c2cccc3c2OCCC3)C1. The number of piperazine rings is 1. The summed E-state index contributed by atoms with van der Waals surface area (Å²) in [6.45, 7) is 3.95. The topological polar surface area (TPSA) is 35.9 Å². The lowest BCUT2D eigenvalue weighted by Gasteiger charge is -2.38. The molecule has 0 saturated carbocycles. The van der Waals surface area contributed by atoms with Gasteiger partial charge < -0.3 is 19.6 Å². The van der Waals surface area contributed by atoms with Crippen LogP contribution in [0.3, 0.4) is 0 Å². The van der Waals surface area contributed by atoms with E-state index in [0.29, 0.717) is 6.04 Å². The number of hydrogen-bond acceptors (Lipinski definition) is 4. The highest BCUT2D eigenvalue weighted by Crippen LogP contribution is 2.35. The average molecular weight is 290 g/mol. The molecule has 0 bridgehead atoms. The van der Waals surface area contributed by atoms with E-state index in [1.54, 1.807) is 0 Å².